The summed E-state index contributed by atoms with van der Waals surface area (Å²) in [5.74, 6) is 0.840. The molecule has 0 fully saturated rings. The first-order valence-corrected chi connectivity index (χ1v) is 7.24. The number of carbonyl (C=O) groups is 1. The number of rotatable bonds is 2. The molecule has 3 rings (SSSR count). The third kappa shape index (κ3) is 2.20. The minimum Gasteiger partial charge on any atom is -0.490 e. The zero-order valence-electron chi connectivity index (χ0n) is 11.0. The van der Waals surface area contributed by atoms with Gasteiger partial charge in [0.25, 0.3) is 0 Å². The average Bonchev–Trinajstić information content (AvgIpc) is 2.80. The molecule has 0 radical (unpaired) electrons. The molecular formula is C16H14BrNO2. The van der Waals surface area contributed by atoms with Gasteiger partial charge in [-0.1, -0.05) is 6.07 Å². The largest absolute Gasteiger partial charge is 0.490 e. The number of fused-ring (bicyclic) bond motifs is 1. The summed E-state index contributed by atoms with van der Waals surface area (Å²) in [5, 5.41) is 0. The molecule has 0 saturated carbocycles. The molecule has 0 bridgehead atoms. The van der Waals surface area contributed by atoms with Gasteiger partial charge in [0.15, 0.2) is 5.78 Å². The summed E-state index contributed by atoms with van der Waals surface area (Å²) >= 11 is 3.38. The number of carbonyl (C=O) groups excluding carboxylic acids is 1. The van der Waals surface area contributed by atoms with E-state index < -0.39 is 0 Å². The lowest BCUT2D eigenvalue weighted by atomic mass is 9.99. The second-order valence-corrected chi connectivity index (χ2v) is 5.79. The van der Waals surface area contributed by atoms with Gasteiger partial charge in [0.05, 0.1) is 4.47 Å². The number of halogens is 1. The average molecular weight is 332 g/mol. The molecule has 0 aromatic heterocycles. The molecule has 20 heavy (non-hydrogen) atoms. The van der Waals surface area contributed by atoms with Gasteiger partial charge < -0.3 is 10.5 Å². The van der Waals surface area contributed by atoms with Gasteiger partial charge in [-0.05, 0) is 58.7 Å². The van der Waals surface area contributed by atoms with Crippen molar-refractivity contribution in [2.75, 3.05) is 5.73 Å². The van der Waals surface area contributed by atoms with E-state index in [-0.39, 0.29) is 11.9 Å². The van der Waals surface area contributed by atoms with E-state index in [0.29, 0.717) is 21.3 Å². The number of anilines is 1. The summed E-state index contributed by atoms with van der Waals surface area (Å²) in [6, 6.07) is 10.9. The van der Waals surface area contributed by atoms with Crippen LogP contribution in [0.4, 0.5) is 5.69 Å². The maximum atomic E-state index is 12.6. The molecule has 4 heteroatoms. The van der Waals surface area contributed by atoms with Gasteiger partial charge in [0.2, 0.25) is 0 Å². The third-order valence-corrected chi connectivity index (χ3v) is 4.32. The van der Waals surface area contributed by atoms with Gasteiger partial charge in [-0.3, -0.25) is 4.79 Å². The summed E-state index contributed by atoms with van der Waals surface area (Å²) in [7, 11) is 0. The van der Waals surface area contributed by atoms with E-state index in [0.717, 1.165) is 17.7 Å². The molecule has 2 N–H and O–H groups in total. The van der Waals surface area contributed by atoms with Gasteiger partial charge >= 0.3 is 0 Å². The van der Waals surface area contributed by atoms with Crippen LogP contribution in [0.2, 0.25) is 0 Å². The van der Waals surface area contributed by atoms with Gasteiger partial charge in [0.1, 0.15) is 11.9 Å². The van der Waals surface area contributed by atoms with E-state index in [4.69, 9.17) is 10.5 Å². The highest BCUT2D eigenvalue weighted by Gasteiger charge is 2.21. The first-order chi connectivity index (χ1) is 9.56. The molecule has 3 nitrogen and oxygen atoms in total. The molecule has 1 aliphatic heterocycles. The van der Waals surface area contributed by atoms with E-state index in [1.54, 1.807) is 24.3 Å². The van der Waals surface area contributed by atoms with Crippen molar-refractivity contribution in [1.29, 1.82) is 0 Å². The van der Waals surface area contributed by atoms with Crippen molar-refractivity contribution >= 4 is 27.4 Å². The summed E-state index contributed by atoms with van der Waals surface area (Å²) in [5.41, 5.74) is 8.72. The van der Waals surface area contributed by atoms with Crippen molar-refractivity contribution in [2.45, 2.75) is 19.4 Å². The number of nitrogens with two attached hydrogens (primary N) is 1. The minimum atomic E-state index is -0.0356. The lowest BCUT2D eigenvalue weighted by Crippen LogP contribution is -2.05. The Balaban J connectivity index is 2.00. The molecule has 1 atom stereocenters. The molecule has 0 amide bonds. The highest BCUT2D eigenvalue weighted by molar-refractivity contribution is 9.10. The first kappa shape index (κ1) is 13.2. The summed E-state index contributed by atoms with van der Waals surface area (Å²) < 4.78 is 6.30. The fraction of sp³-hybridized carbons (Fsp3) is 0.188. The third-order valence-electron chi connectivity index (χ3n) is 3.43. The Morgan fingerprint density at radius 1 is 1.35 bits per heavy atom. The van der Waals surface area contributed by atoms with Crippen molar-refractivity contribution in [3.8, 4) is 5.75 Å². The molecular weight excluding hydrogens is 318 g/mol. The Hall–Kier alpha value is -1.81. The minimum absolute atomic E-state index is 0.0356. The second-order valence-electron chi connectivity index (χ2n) is 4.99. The van der Waals surface area contributed by atoms with Crippen LogP contribution in [-0.2, 0) is 6.42 Å². The van der Waals surface area contributed by atoms with Crippen LogP contribution in [0.3, 0.4) is 0 Å². The molecule has 102 valence electrons. The van der Waals surface area contributed by atoms with Crippen LogP contribution in [-0.4, -0.2) is 11.9 Å². The Morgan fingerprint density at radius 3 is 2.95 bits per heavy atom. The van der Waals surface area contributed by atoms with E-state index >= 15 is 0 Å². The van der Waals surface area contributed by atoms with Crippen LogP contribution >= 0.6 is 15.9 Å². The smallest absolute Gasteiger partial charge is 0.194 e. The second kappa shape index (κ2) is 4.94. The van der Waals surface area contributed by atoms with Crippen molar-refractivity contribution in [2.24, 2.45) is 0 Å². The Kier molecular flexibility index (Phi) is 3.26. The Labute approximate surface area is 125 Å². The van der Waals surface area contributed by atoms with E-state index in [2.05, 4.69) is 15.9 Å². The van der Waals surface area contributed by atoms with Gasteiger partial charge in [-0.15, -0.1) is 0 Å². The maximum Gasteiger partial charge on any atom is 0.194 e. The monoisotopic (exact) mass is 331 g/mol. The van der Waals surface area contributed by atoms with Gasteiger partial charge in [-0.2, -0.15) is 0 Å². The molecule has 0 saturated heterocycles. The van der Waals surface area contributed by atoms with Crippen molar-refractivity contribution in [1.82, 2.24) is 0 Å². The molecule has 1 unspecified atom stereocenters. The number of benzene rings is 2. The van der Waals surface area contributed by atoms with Gasteiger partial charge in [-0.25, -0.2) is 0 Å². The van der Waals surface area contributed by atoms with E-state index in [1.807, 2.05) is 19.1 Å². The zero-order chi connectivity index (χ0) is 14.3. The maximum absolute atomic E-state index is 12.6. The molecule has 2 aromatic rings. The summed E-state index contributed by atoms with van der Waals surface area (Å²) in [6.45, 7) is 2.02. The molecule has 2 aromatic carbocycles. The van der Waals surface area contributed by atoms with E-state index in [1.165, 1.54) is 0 Å². The van der Waals surface area contributed by atoms with Crippen LogP contribution in [0.15, 0.2) is 40.9 Å². The fourth-order valence-corrected chi connectivity index (χ4v) is 2.89. The number of hydrogen-bond donors (Lipinski definition) is 1. The topological polar surface area (TPSA) is 52.3 Å². The Bertz CT molecular complexity index is 697. The SMILES string of the molecule is CC1Cc2cc(C(=O)c3cccc(N)c3Br)ccc2O1. The van der Waals surface area contributed by atoms with Crippen LogP contribution in [0.5, 0.6) is 5.75 Å². The number of hydrogen-bond acceptors (Lipinski definition) is 3. The molecule has 0 spiro atoms. The van der Waals surface area contributed by atoms with Crippen LogP contribution in [0, 0.1) is 0 Å². The fourth-order valence-electron chi connectivity index (χ4n) is 2.44. The lowest BCUT2D eigenvalue weighted by Gasteiger charge is -2.07. The van der Waals surface area contributed by atoms with E-state index in [9.17, 15) is 4.79 Å². The molecule has 0 aliphatic carbocycles. The number of nitrogen functional groups attached to an aromatic ring is 1. The van der Waals surface area contributed by atoms with Crippen LogP contribution < -0.4 is 10.5 Å². The summed E-state index contributed by atoms with van der Waals surface area (Å²) in [6.07, 6.45) is 1.02. The van der Waals surface area contributed by atoms with Crippen LogP contribution in [0.1, 0.15) is 28.4 Å². The first-order valence-electron chi connectivity index (χ1n) is 6.44. The normalized spacial score (nSPS) is 16.6. The highest BCUT2D eigenvalue weighted by atomic mass is 79.9. The zero-order valence-corrected chi connectivity index (χ0v) is 12.6. The lowest BCUT2D eigenvalue weighted by molar-refractivity contribution is 0.103. The van der Waals surface area contributed by atoms with Crippen molar-refractivity contribution in [3.05, 3.63) is 57.6 Å². The standard InChI is InChI=1S/C16H14BrNO2/c1-9-7-11-8-10(5-6-14(11)20-9)16(19)12-3-2-4-13(18)15(12)17/h2-6,8-9H,7,18H2,1H3. The predicted molar refractivity (Wildman–Crippen MR) is 82.2 cm³/mol. The highest BCUT2D eigenvalue weighted by Crippen LogP contribution is 2.31. The van der Waals surface area contributed by atoms with Gasteiger partial charge in [0, 0.05) is 23.2 Å². The number of ether oxygens (including phenoxy) is 1. The van der Waals surface area contributed by atoms with Crippen molar-refractivity contribution < 1.29 is 9.53 Å². The molecule has 1 aliphatic rings. The molecule has 1 heterocycles. The Morgan fingerprint density at radius 2 is 2.15 bits per heavy atom. The predicted octanol–water partition coefficient (Wildman–Crippen LogP) is 3.59. The number of ketones is 1. The summed E-state index contributed by atoms with van der Waals surface area (Å²) in [4.78, 5) is 12.6. The van der Waals surface area contributed by atoms with Crippen molar-refractivity contribution in [3.63, 3.8) is 0 Å². The van der Waals surface area contributed by atoms with Crippen LogP contribution in [0.25, 0.3) is 0 Å². The quantitative estimate of drug-likeness (QED) is 0.675.